The van der Waals surface area contributed by atoms with E-state index in [2.05, 4.69) is 10.1 Å². The van der Waals surface area contributed by atoms with E-state index in [4.69, 9.17) is 4.74 Å². The molecule has 0 unspecified atom stereocenters. The Morgan fingerprint density at radius 3 is 2.38 bits per heavy atom. The number of hydrogen-bond donors (Lipinski definition) is 1. The van der Waals surface area contributed by atoms with Gasteiger partial charge in [0.25, 0.3) is 0 Å². The summed E-state index contributed by atoms with van der Waals surface area (Å²) >= 11 is 0. The lowest BCUT2D eigenvalue weighted by Gasteiger charge is -2.09. The smallest absolute Gasteiger partial charge is 0.489 e. The van der Waals surface area contributed by atoms with Gasteiger partial charge in [0, 0.05) is 6.54 Å². The summed E-state index contributed by atoms with van der Waals surface area (Å²) in [7, 11) is 0. The maximum atomic E-state index is 12.0. The molecule has 2 rings (SSSR count). The van der Waals surface area contributed by atoms with Crippen molar-refractivity contribution in [1.82, 2.24) is 5.32 Å². The summed E-state index contributed by atoms with van der Waals surface area (Å²) in [5, 5.41) is 2.94. The Morgan fingerprint density at radius 1 is 0.931 bits per heavy atom. The number of rotatable bonds is 10. The second-order valence-electron chi connectivity index (χ2n) is 6.28. The van der Waals surface area contributed by atoms with Crippen LogP contribution in [0.5, 0.6) is 5.75 Å². The second-order valence-corrected chi connectivity index (χ2v) is 6.28. The molecule has 0 saturated heterocycles. The van der Waals surface area contributed by atoms with Crippen molar-refractivity contribution in [3.8, 4) is 5.75 Å². The van der Waals surface area contributed by atoms with Crippen molar-refractivity contribution in [1.29, 1.82) is 0 Å². The molecule has 0 spiro atoms. The molecule has 0 aromatic heterocycles. The van der Waals surface area contributed by atoms with E-state index in [0.29, 0.717) is 13.2 Å². The summed E-state index contributed by atoms with van der Waals surface area (Å²) < 4.78 is 45.4. The quantitative estimate of drug-likeness (QED) is 0.367. The van der Waals surface area contributed by atoms with Crippen molar-refractivity contribution in [2.45, 2.75) is 32.0 Å². The zero-order valence-corrected chi connectivity index (χ0v) is 15.7. The molecule has 2 aromatic rings. The van der Waals surface area contributed by atoms with Crippen LogP contribution in [0.3, 0.4) is 0 Å². The Morgan fingerprint density at radius 2 is 1.66 bits per heavy atom. The van der Waals surface area contributed by atoms with E-state index >= 15 is 0 Å². The predicted molar refractivity (Wildman–Crippen MR) is 100 cm³/mol. The van der Waals surface area contributed by atoms with E-state index in [1.807, 2.05) is 54.6 Å². The third-order valence-electron chi connectivity index (χ3n) is 3.91. The molecule has 0 aliphatic rings. The number of carbonyl (C=O) groups is 2. The zero-order valence-electron chi connectivity index (χ0n) is 15.7. The van der Waals surface area contributed by atoms with E-state index in [0.717, 1.165) is 29.7 Å². The Labute approximate surface area is 166 Å². The van der Waals surface area contributed by atoms with Crippen LogP contribution in [0.15, 0.2) is 54.6 Å². The SMILES string of the molecule is O=C(CCNCCCc1cccc(OCc2ccccc2)c1)OC(=O)C(F)(F)F. The summed E-state index contributed by atoms with van der Waals surface area (Å²) in [5.41, 5.74) is 2.17. The van der Waals surface area contributed by atoms with E-state index in [9.17, 15) is 22.8 Å². The molecule has 0 fully saturated rings. The highest BCUT2D eigenvalue weighted by Gasteiger charge is 2.42. The van der Waals surface area contributed by atoms with Crippen LogP contribution in [-0.2, 0) is 27.4 Å². The first-order chi connectivity index (χ1) is 13.8. The number of ether oxygens (including phenoxy) is 2. The Hall–Kier alpha value is -2.87. The highest BCUT2D eigenvalue weighted by atomic mass is 19.4. The molecule has 8 heteroatoms. The van der Waals surface area contributed by atoms with Gasteiger partial charge in [-0.3, -0.25) is 4.79 Å². The van der Waals surface area contributed by atoms with Gasteiger partial charge in [0.2, 0.25) is 0 Å². The van der Waals surface area contributed by atoms with Crippen LogP contribution in [-0.4, -0.2) is 31.2 Å². The van der Waals surface area contributed by atoms with Crippen LogP contribution < -0.4 is 10.1 Å². The number of esters is 2. The predicted octanol–water partition coefficient (Wildman–Crippen LogP) is 3.81. The number of hydrogen-bond acceptors (Lipinski definition) is 5. The van der Waals surface area contributed by atoms with Gasteiger partial charge in [0.15, 0.2) is 0 Å². The van der Waals surface area contributed by atoms with Gasteiger partial charge in [0.05, 0.1) is 6.42 Å². The highest BCUT2D eigenvalue weighted by Crippen LogP contribution is 2.17. The van der Waals surface area contributed by atoms with Gasteiger partial charge in [0.1, 0.15) is 12.4 Å². The van der Waals surface area contributed by atoms with Crippen LogP contribution in [0, 0.1) is 0 Å². The molecule has 0 amide bonds. The van der Waals surface area contributed by atoms with Crippen LogP contribution in [0.4, 0.5) is 13.2 Å². The summed E-state index contributed by atoms with van der Waals surface area (Å²) in [6.07, 6.45) is -3.95. The summed E-state index contributed by atoms with van der Waals surface area (Å²) in [6, 6.07) is 17.6. The Balaban J connectivity index is 1.62. The number of aryl methyl sites for hydroxylation is 1. The van der Waals surface area contributed by atoms with Crippen LogP contribution in [0.2, 0.25) is 0 Å². The molecular weight excluding hydrogens is 387 g/mol. The highest BCUT2D eigenvalue weighted by molar-refractivity contribution is 5.88. The fourth-order valence-corrected chi connectivity index (χ4v) is 2.48. The third kappa shape index (κ3) is 8.78. The Bertz CT molecular complexity index is 794. The second kappa shape index (κ2) is 11.2. The number of alkyl halides is 3. The van der Waals surface area contributed by atoms with Crippen molar-refractivity contribution >= 4 is 11.9 Å². The van der Waals surface area contributed by atoms with Crippen LogP contribution in [0.25, 0.3) is 0 Å². The molecule has 0 saturated carbocycles. The van der Waals surface area contributed by atoms with Crippen LogP contribution in [0.1, 0.15) is 24.0 Å². The first kappa shape index (κ1) is 22.4. The maximum Gasteiger partial charge on any atom is 0.491 e. The monoisotopic (exact) mass is 409 g/mol. The number of carbonyl (C=O) groups excluding carboxylic acids is 2. The summed E-state index contributed by atoms with van der Waals surface area (Å²) in [6.45, 7) is 1.18. The van der Waals surface area contributed by atoms with E-state index in [1.165, 1.54) is 0 Å². The fourth-order valence-electron chi connectivity index (χ4n) is 2.48. The standard InChI is InChI=1S/C21H22F3NO4/c22-21(23,24)20(27)29-19(26)11-13-25-12-5-9-16-8-4-10-18(14-16)28-15-17-6-2-1-3-7-17/h1-4,6-8,10,14,25H,5,9,11-13,15H2. The lowest BCUT2D eigenvalue weighted by Crippen LogP contribution is -2.29. The molecule has 2 aromatic carbocycles. The molecule has 1 N–H and O–H groups in total. The van der Waals surface area contributed by atoms with Gasteiger partial charge in [-0.25, -0.2) is 4.79 Å². The number of benzene rings is 2. The van der Waals surface area contributed by atoms with Gasteiger partial charge in [-0.15, -0.1) is 0 Å². The molecular formula is C21H22F3NO4. The molecule has 29 heavy (non-hydrogen) atoms. The fraction of sp³-hybridized carbons (Fsp3) is 0.333. The average molecular weight is 409 g/mol. The largest absolute Gasteiger partial charge is 0.491 e. The van der Waals surface area contributed by atoms with E-state index in [-0.39, 0.29) is 13.0 Å². The summed E-state index contributed by atoms with van der Waals surface area (Å²) in [4.78, 5) is 21.7. The maximum absolute atomic E-state index is 12.0. The van der Waals surface area contributed by atoms with Crippen molar-refractivity contribution in [2.24, 2.45) is 0 Å². The van der Waals surface area contributed by atoms with Crippen LogP contribution >= 0.6 is 0 Å². The Kier molecular flexibility index (Phi) is 8.67. The zero-order chi connectivity index (χ0) is 21.1. The van der Waals surface area contributed by atoms with Crippen molar-refractivity contribution in [3.05, 3.63) is 65.7 Å². The first-order valence-electron chi connectivity index (χ1n) is 9.13. The normalized spacial score (nSPS) is 11.1. The van der Waals surface area contributed by atoms with Crippen molar-refractivity contribution < 1.29 is 32.2 Å². The molecule has 0 bridgehead atoms. The molecule has 0 radical (unpaired) electrons. The van der Waals surface area contributed by atoms with Gasteiger partial charge < -0.3 is 14.8 Å². The lowest BCUT2D eigenvalue weighted by atomic mass is 10.1. The average Bonchev–Trinajstić information content (AvgIpc) is 2.69. The van der Waals surface area contributed by atoms with E-state index < -0.39 is 18.1 Å². The summed E-state index contributed by atoms with van der Waals surface area (Å²) in [5.74, 6) is -2.92. The molecule has 0 atom stereocenters. The van der Waals surface area contributed by atoms with Gasteiger partial charge in [-0.05, 0) is 42.6 Å². The van der Waals surface area contributed by atoms with Gasteiger partial charge in [-0.1, -0.05) is 42.5 Å². The minimum absolute atomic E-state index is 0.129. The molecule has 5 nitrogen and oxygen atoms in total. The van der Waals surface area contributed by atoms with Gasteiger partial charge in [-0.2, -0.15) is 13.2 Å². The van der Waals surface area contributed by atoms with Gasteiger partial charge >= 0.3 is 18.1 Å². The number of nitrogens with one attached hydrogen (secondary N) is 1. The first-order valence-corrected chi connectivity index (χ1v) is 9.13. The molecule has 0 heterocycles. The van der Waals surface area contributed by atoms with Crippen molar-refractivity contribution in [2.75, 3.05) is 13.1 Å². The number of halogens is 3. The van der Waals surface area contributed by atoms with Crippen molar-refractivity contribution in [3.63, 3.8) is 0 Å². The lowest BCUT2D eigenvalue weighted by molar-refractivity contribution is -0.201. The topological polar surface area (TPSA) is 64.6 Å². The molecule has 0 aliphatic carbocycles. The van der Waals surface area contributed by atoms with E-state index in [1.54, 1.807) is 0 Å². The minimum atomic E-state index is -5.16. The minimum Gasteiger partial charge on any atom is -0.489 e. The molecule has 156 valence electrons. The molecule has 0 aliphatic heterocycles. The third-order valence-corrected chi connectivity index (χ3v) is 3.91.